The Balaban J connectivity index is 1.58. The molecule has 150 valence electrons. The Morgan fingerprint density at radius 3 is 2.86 bits per heavy atom. The number of ether oxygens (including phenoxy) is 2. The molecule has 2 aliphatic rings. The van der Waals surface area contributed by atoms with E-state index in [-0.39, 0.29) is 12.7 Å². The molecular weight excluding hydrogens is 356 g/mol. The lowest BCUT2D eigenvalue weighted by Gasteiger charge is -2.30. The van der Waals surface area contributed by atoms with E-state index >= 15 is 0 Å². The first-order valence-corrected chi connectivity index (χ1v) is 9.97. The van der Waals surface area contributed by atoms with Gasteiger partial charge >= 0.3 is 0 Å². The fraction of sp³-hybridized carbons (Fsp3) is 0.524. The molecule has 1 saturated heterocycles. The van der Waals surface area contributed by atoms with E-state index < -0.39 is 0 Å². The summed E-state index contributed by atoms with van der Waals surface area (Å²) in [6, 6.07) is 8.15. The number of amides is 1. The van der Waals surface area contributed by atoms with Gasteiger partial charge in [0.05, 0.1) is 0 Å². The molecule has 0 unspecified atom stereocenters. The molecule has 1 atom stereocenters. The molecule has 0 bridgehead atoms. The number of benzene rings is 1. The molecular formula is C21H28N4O3. The normalized spacial score (nSPS) is 18.6. The fourth-order valence-electron chi connectivity index (χ4n) is 4.08. The highest BCUT2D eigenvalue weighted by Gasteiger charge is 2.29. The van der Waals surface area contributed by atoms with Crippen LogP contribution >= 0.6 is 0 Å². The van der Waals surface area contributed by atoms with E-state index in [2.05, 4.69) is 16.9 Å². The van der Waals surface area contributed by atoms with Gasteiger partial charge in [-0.1, -0.05) is 13.0 Å². The molecule has 4 rings (SSSR count). The third-order valence-corrected chi connectivity index (χ3v) is 5.77. The van der Waals surface area contributed by atoms with Crippen LogP contribution in [0.1, 0.15) is 41.5 Å². The van der Waals surface area contributed by atoms with Gasteiger partial charge in [0.25, 0.3) is 5.91 Å². The van der Waals surface area contributed by atoms with Crippen LogP contribution < -0.4 is 9.47 Å². The monoisotopic (exact) mass is 384 g/mol. The van der Waals surface area contributed by atoms with Crippen molar-refractivity contribution in [1.82, 2.24) is 19.6 Å². The molecule has 0 spiro atoms. The third kappa shape index (κ3) is 3.71. The van der Waals surface area contributed by atoms with E-state index in [9.17, 15) is 4.79 Å². The molecule has 0 saturated carbocycles. The minimum atomic E-state index is -0.0238. The number of likely N-dealkylation sites (N-methyl/N-ethyl adjacent to an activating group) is 1. The highest BCUT2D eigenvalue weighted by Crippen LogP contribution is 2.33. The highest BCUT2D eigenvalue weighted by molar-refractivity contribution is 5.92. The molecule has 28 heavy (non-hydrogen) atoms. The Hall–Kier alpha value is -2.54. The number of rotatable bonds is 6. The molecule has 2 aliphatic heterocycles. The van der Waals surface area contributed by atoms with Crippen molar-refractivity contribution in [2.24, 2.45) is 7.05 Å². The summed E-state index contributed by atoms with van der Waals surface area (Å²) >= 11 is 0. The van der Waals surface area contributed by atoms with E-state index in [1.807, 2.05) is 43.1 Å². The Morgan fingerprint density at radius 1 is 1.29 bits per heavy atom. The van der Waals surface area contributed by atoms with Crippen molar-refractivity contribution in [3.05, 3.63) is 41.2 Å². The number of likely N-dealkylation sites (tertiary alicyclic amines) is 1. The largest absolute Gasteiger partial charge is 0.454 e. The second-order valence-corrected chi connectivity index (χ2v) is 7.59. The topological polar surface area (TPSA) is 59.8 Å². The molecule has 2 aromatic rings. The predicted octanol–water partition coefficient (Wildman–Crippen LogP) is 2.58. The van der Waals surface area contributed by atoms with Gasteiger partial charge in [0.15, 0.2) is 17.2 Å². The molecule has 1 amide bonds. The first kappa shape index (κ1) is 18.8. The van der Waals surface area contributed by atoms with Crippen molar-refractivity contribution in [3.8, 4) is 11.5 Å². The van der Waals surface area contributed by atoms with Crippen molar-refractivity contribution in [2.75, 3.05) is 26.4 Å². The van der Waals surface area contributed by atoms with Gasteiger partial charge < -0.3 is 14.4 Å². The van der Waals surface area contributed by atoms with Crippen LogP contribution in [0.4, 0.5) is 0 Å². The summed E-state index contributed by atoms with van der Waals surface area (Å²) in [5, 5.41) is 4.41. The van der Waals surface area contributed by atoms with Gasteiger partial charge in [-0.15, -0.1) is 0 Å². The van der Waals surface area contributed by atoms with Gasteiger partial charge in [-0.2, -0.15) is 5.10 Å². The summed E-state index contributed by atoms with van der Waals surface area (Å²) in [7, 11) is 1.87. The standard InChI is InChI=1S/C21H28N4O3/c1-4-24-9-5-6-17(24)13-25(21(26)18-10-15(2)23(3)22-18)12-16-7-8-19-20(11-16)28-14-27-19/h7-8,10-11,17H,4-6,9,12-14H2,1-3H3/t17-/m1/s1. The van der Waals surface area contributed by atoms with Crippen molar-refractivity contribution >= 4 is 5.91 Å². The number of nitrogens with zero attached hydrogens (tertiary/aromatic N) is 4. The van der Waals surface area contributed by atoms with Crippen LogP contribution in [0.15, 0.2) is 24.3 Å². The summed E-state index contributed by atoms with van der Waals surface area (Å²) in [6.45, 7) is 7.75. The smallest absolute Gasteiger partial charge is 0.274 e. The Morgan fingerprint density at radius 2 is 2.11 bits per heavy atom. The number of hydrogen-bond acceptors (Lipinski definition) is 5. The van der Waals surface area contributed by atoms with Crippen molar-refractivity contribution in [1.29, 1.82) is 0 Å². The first-order valence-electron chi connectivity index (χ1n) is 9.97. The number of carbonyl (C=O) groups is 1. The van der Waals surface area contributed by atoms with Crippen molar-refractivity contribution in [3.63, 3.8) is 0 Å². The SMILES string of the molecule is CCN1CCC[C@@H]1CN(Cc1ccc2c(c1)OCO2)C(=O)c1cc(C)n(C)n1. The zero-order chi connectivity index (χ0) is 19.7. The van der Waals surface area contributed by atoms with Gasteiger partial charge in [-0.05, 0) is 56.6 Å². The average molecular weight is 384 g/mol. The molecule has 3 heterocycles. The Kier molecular flexibility index (Phi) is 5.26. The summed E-state index contributed by atoms with van der Waals surface area (Å²) in [6.07, 6.45) is 2.31. The molecule has 7 heteroatoms. The van der Waals surface area contributed by atoms with Crippen LogP contribution in [-0.2, 0) is 13.6 Å². The van der Waals surface area contributed by atoms with Gasteiger partial charge in [-0.3, -0.25) is 14.4 Å². The second-order valence-electron chi connectivity index (χ2n) is 7.59. The number of aryl methyl sites for hydroxylation is 2. The van der Waals surface area contributed by atoms with Gasteiger partial charge in [0.1, 0.15) is 0 Å². The lowest BCUT2D eigenvalue weighted by molar-refractivity contribution is 0.0685. The van der Waals surface area contributed by atoms with Crippen LogP contribution in [0.25, 0.3) is 0 Å². The predicted molar refractivity (Wildman–Crippen MR) is 106 cm³/mol. The number of hydrogen-bond donors (Lipinski definition) is 0. The van der Waals surface area contributed by atoms with Gasteiger partial charge in [0, 0.05) is 31.9 Å². The quantitative estimate of drug-likeness (QED) is 0.766. The summed E-state index contributed by atoms with van der Waals surface area (Å²) < 4.78 is 12.7. The molecule has 1 aromatic heterocycles. The second kappa shape index (κ2) is 7.83. The van der Waals surface area contributed by atoms with E-state index in [1.54, 1.807) is 4.68 Å². The average Bonchev–Trinajstić information content (AvgIpc) is 3.41. The number of fused-ring (bicyclic) bond motifs is 1. The maximum absolute atomic E-state index is 13.3. The van der Waals surface area contributed by atoms with Gasteiger partial charge in [-0.25, -0.2) is 0 Å². The lowest BCUT2D eigenvalue weighted by atomic mass is 10.1. The van der Waals surface area contributed by atoms with E-state index in [4.69, 9.17) is 9.47 Å². The van der Waals surface area contributed by atoms with Crippen LogP contribution in [-0.4, -0.2) is 58.0 Å². The number of aromatic nitrogens is 2. The molecule has 7 nitrogen and oxygen atoms in total. The zero-order valence-corrected chi connectivity index (χ0v) is 16.9. The molecule has 0 N–H and O–H groups in total. The van der Waals surface area contributed by atoms with Gasteiger partial charge in [0.2, 0.25) is 6.79 Å². The fourth-order valence-corrected chi connectivity index (χ4v) is 4.08. The molecule has 1 aromatic carbocycles. The third-order valence-electron chi connectivity index (χ3n) is 5.77. The summed E-state index contributed by atoms with van der Waals surface area (Å²) in [5.74, 6) is 1.48. The van der Waals surface area contributed by atoms with Crippen LogP contribution in [0.5, 0.6) is 11.5 Å². The van der Waals surface area contributed by atoms with E-state index in [0.29, 0.717) is 24.8 Å². The maximum Gasteiger partial charge on any atom is 0.274 e. The first-order chi connectivity index (χ1) is 13.5. The molecule has 0 aliphatic carbocycles. The Bertz CT molecular complexity index is 844. The van der Waals surface area contributed by atoms with Crippen molar-refractivity contribution in [2.45, 2.75) is 39.3 Å². The molecule has 0 radical (unpaired) electrons. The highest BCUT2D eigenvalue weighted by atomic mass is 16.7. The minimum Gasteiger partial charge on any atom is -0.454 e. The van der Waals surface area contributed by atoms with E-state index in [1.165, 1.54) is 6.42 Å². The lowest BCUT2D eigenvalue weighted by Crippen LogP contribution is -2.42. The zero-order valence-electron chi connectivity index (χ0n) is 16.9. The van der Waals surface area contributed by atoms with Crippen LogP contribution in [0.2, 0.25) is 0 Å². The number of carbonyl (C=O) groups excluding carboxylic acids is 1. The summed E-state index contributed by atoms with van der Waals surface area (Å²) in [5.41, 5.74) is 2.51. The maximum atomic E-state index is 13.3. The van der Waals surface area contributed by atoms with Crippen LogP contribution in [0, 0.1) is 6.92 Å². The van der Waals surface area contributed by atoms with E-state index in [0.717, 1.165) is 42.3 Å². The minimum absolute atomic E-state index is 0.0238. The van der Waals surface area contributed by atoms with Crippen molar-refractivity contribution < 1.29 is 14.3 Å². The Labute approximate surface area is 165 Å². The van der Waals surface area contributed by atoms with Crippen LogP contribution in [0.3, 0.4) is 0 Å². The summed E-state index contributed by atoms with van der Waals surface area (Å²) in [4.78, 5) is 17.7. The molecule has 1 fully saturated rings.